The van der Waals surface area contributed by atoms with Crippen molar-refractivity contribution >= 4 is 11.6 Å². The molecule has 1 atom stereocenters. The van der Waals surface area contributed by atoms with Gasteiger partial charge in [0.05, 0.1) is 0 Å². The average Bonchev–Trinajstić information content (AvgIpc) is 3.18. The van der Waals surface area contributed by atoms with Gasteiger partial charge in [-0.3, -0.25) is 4.90 Å². The second kappa shape index (κ2) is 6.46. The minimum Gasteiger partial charge on any atom is -0.434 e. The third kappa shape index (κ3) is 4.05. The minimum absolute atomic E-state index is 0.193. The molecule has 0 spiro atoms. The van der Waals surface area contributed by atoms with Gasteiger partial charge in [0.2, 0.25) is 0 Å². The molecule has 6 heteroatoms. The molecule has 0 unspecified atom stereocenters. The van der Waals surface area contributed by atoms with Gasteiger partial charge in [-0.2, -0.15) is 8.78 Å². The number of nitrogens with zero attached hydrogens (tertiary/aromatic N) is 1. The number of benzene rings is 1. The van der Waals surface area contributed by atoms with E-state index in [0.717, 1.165) is 25.6 Å². The Morgan fingerprint density at radius 1 is 1.33 bits per heavy atom. The van der Waals surface area contributed by atoms with Crippen molar-refractivity contribution in [1.82, 2.24) is 10.2 Å². The summed E-state index contributed by atoms with van der Waals surface area (Å²) in [7, 11) is 0. The van der Waals surface area contributed by atoms with Gasteiger partial charge in [-0.15, -0.1) is 0 Å². The second-order valence-corrected chi connectivity index (χ2v) is 6.16. The molecule has 1 saturated heterocycles. The number of rotatable bonds is 6. The quantitative estimate of drug-likeness (QED) is 0.872. The van der Waals surface area contributed by atoms with Crippen LogP contribution in [-0.4, -0.2) is 36.7 Å². The number of halogens is 3. The molecule has 21 heavy (non-hydrogen) atoms. The zero-order valence-corrected chi connectivity index (χ0v) is 12.5. The highest BCUT2D eigenvalue weighted by molar-refractivity contribution is 6.30. The lowest BCUT2D eigenvalue weighted by molar-refractivity contribution is -0.0505. The van der Waals surface area contributed by atoms with Gasteiger partial charge in [-0.1, -0.05) is 11.6 Å². The van der Waals surface area contributed by atoms with Crippen molar-refractivity contribution in [3.63, 3.8) is 0 Å². The lowest BCUT2D eigenvalue weighted by atomic mass is 10.1. The van der Waals surface area contributed by atoms with E-state index in [-0.39, 0.29) is 5.75 Å². The zero-order valence-electron chi connectivity index (χ0n) is 11.7. The fourth-order valence-corrected chi connectivity index (χ4v) is 3.07. The summed E-state index contributed by atoms with van der Waals surface area (Å²) in [5.41, 5.74) is 0.674. The first-order chi connectivity index (χ1) is 10.1. The topological polar surface area (TPSA) is 24.5 Å². The van der Waals surface area contributed by atoms with Crippen LogP contribution in [0.2, 0.25) is 5.02 Å². The molecule has 1 aliphatic carbocycles. The molecule has 3 nitrogen and oxygen atoms in total. The molecule has 0 bridgehead atoms. The largest absolute Gasteiger partial charge is 0.434 e. The van der Waals surface area contributed by atoms with Crippen molar-refractivity contribution in [2.75, 3.05) is 13.1 Å². The number of likely N-dealkylation sites (tertiary alicyclic amines) is 1. The Morgan fingerprint density at radius 2 is 2.14 bits per heavy atom. The summed E-state index contributed by atoms with van der Waals surface area (Å²) in [6.45, 7) is -0.165. The summed E-state index contributed by atoms with van der Waals surface area (Å²) in [5.74, 6) is 0.193. The fraction of sp³-hybridized carbons (Fsp3) is 0.600. The van der Waals surface area contributed by atoms with E-state index in [9.17, 15) is 8.78 Å². The van der Waals surface area contributed by atoms with Gasteiger partial charge >= 0.3 is 6.61 Å². The molecule has 1 saturated carbocycles. The van der Waals surface area contributed by atoms with Crippen molar-refractivity contribution in [1.29, 1.82) is 0 Å². The Labute approximate surface area is 128 Å². The van der Waals surface area contributed by atoms with Crippen LogP contribution >= 0.6 is 11.6 Å². The molecular formula is C15H19ClF2N2O. The molecule has 2 fully saturated rings. The summed E-state index contributed by atoms with van der Waals surface area (Å²) < 4.78 is 29.4. The molecule has 0 aromatic heterocycles. The van der Waals surface area contributed by atoms with Crippen LogP contribution in [0.1, 0.15) is 24.8 Å². The number of nitrogens with one attached hydrogen (secondary N) is 1. The molecule has 0 radical (unpaired) electrons. The number of hydrogen-bond acceptors (Lipinski definition) is 3. The highest BCUT2D eigenvalue weighted by atomic mass is 35.5. The molecule has 3 rings (SSSR count). The first-order valence-corrected chi connectivity index (χ1v) is 7.70. The van der Waals surface area contributed by atoms with Crippen LogP contribution < -0.4 is 10.1 Å². The van der Waals surface area contributed by atoms with Crippen molar-refractivity contribution in [2.45, 2.75) is 44.5 Å². The van der Waals surface area contributed by atoms with Gasteiger partial charge < -0.3 is 10.1 Å². The molecule has 1 aromatic carbocycles. The minimum atomic E-state index is -2.82. The summed E-state index contributed by atoms with van der Waals surface area (Å²) in [5, 5.41) is 3.95. The summed E-state index contributed by atoms with van der Waals surface area (Å²) in [6, 6.07) is 5.92. The molecule has 1 aromatic rings. The Morgan fingerprint density at radius 3 is 2.86 bits per heavy atom. The predicted octanol–water partition coefficient (Wildman–Crippen LogP) is 3.27. The van der Waals surface area contributed by atoms with Crippen LogP contribution in [0, 0.1) is 0 Å². The second-order valence-electron chi connectivity index (χ2n) is 5.72. The Bertz CT molecular complexity index is 497. The van der Waals surface area contributed by atoms with Crippen molar-refractivity contribution in [3.05, 3.63) is 28.8 Å². The van der Waals surface area contributed by atoms with E-state index in [4.69, 9.17) is 11.6 Å². The fourth-order valence-electron chi connectivity index (χ4n) is 2.88. The SMILES string of the molecule is FC(F)Oc1ccc(Cl)cc1CN[C@H]1CCN(C2CC2)C1. The Balaban J connectivity index is 1.57. The van der Waals surface area contributed by atoms with E-state index < -0.39 is 6.61 Å². The monoisotopic (exact) mass is 316 g/mol. The highest BCUT2D eigenvalue weighted by Crippen LogP contribution is 2.30. The van der Waals surface area contributed by atoms with E-state index in [2.05, 4.69) is 15.0 Å². The molecule has 1 heterocycles. The van der Waals surface area contributed by atoms with Crippen molar-refractivity contribution in [2.24, 2.45) is 0 Å². The zero-order chi connectivity index (χ0) is 14.8. The highest BCUT2D eigenvalue weighted by Gasteiger charge is 2.34. The number of hydrogen-bond donors (Lipinski definition) is 1. The first kappa shape index (κ1) is 15.0. The summed E-state index contributed by atoms with van der Waals surface area (Å²) >= 11 is 5.94. The predicted molar refractivity (Wildman–Crippen MR) is 77.9 cm³/mol. The maximum absolute atomic E-state index is 12.4. The molecule has 0 amide bonds. The Kier molecular flexibility index (Phi) is 4.62. The van der Waals surface area contributed by atoms with Gasteiger partial charge in [-0.25, -0.2) is 0 Å². The molecule has 1 N–H and O–H groups in total. The van der Waals surface area contributed by atoms with Gasteiger partial charge in [0.25, 0.3) is 0 Å². The molecule has 1 aliphatic heterocycles. The van der Waals surface area contributed by atoms with Crippen LogP contribution in [0.15, 0.2) is 18.2 Å². The third-order valence-corrected chi connectivity index (χ3v) is 4.34. The molecular weight excluding hydrogens is 298 g/mol. The van der Waals surface area contributed by atoms with Gasteiger partial charge in [-0.05, 0) is 37.5 Å². The average molecular weight is 317 g/mol. The van der Waals surface area contributed by atoms with Crippen molar-refractivity contribution in [3.8, 4) is 5.75 Å². The van der Waals surface area contributed by atoms with Crippen LogP contribution in [0.25, 0.3) is 0 Å². The van der Waals surface area contributed by atoms with Crippen molar-refractivity contribution < 1.29 is 13.5 Å². The standard InChI is InChI=1S/C15H19ClF2N2O/c16-11-1-4-14(21-15(17)18)10(7-11)8-19-12-5-6-20(9-12)13-2-3-13/h1,4,7,12-13,15,19H,2-3,5-6,8-9H2/t12-/m0/s1. The lowest BCUT2D eigenvalue weighted by Gasteiger charge is -2.17. The van der Waals surface area contributed by atoms with Gasteiger partial charge in [0, 0.05) is 42.3 Å². The van der Waals surface area contributed by atoms with E-state index in [1.54, 1.807) is 12.1 Å². The number of alkyl halides is 2. The third-order valence-electron chi connectivity index (χ3n) is 4.10. The van der Waals surface area contributed by atoms with Crippen LogP contribution in [-0.2, 0) is 6.54 Å². The van der Waals surface area contributed by atoms with E-state index >= 15 is 0 Å². The normalized spacial score (nSPS) is 23.0. The smallest absolute Gasteiger partial charge is 0.387 e. The van der Waals surface area contributed by atoms with E-state index in [0.29, 0.717) is 23.2 Å². The van der Waals surface area contributed by atoms with Crippen LogP contribution in [0.3, 0.4) is 0 Å². The molecule has 2 aliphatic rings. The first-order valence-electron chi connectivity index (χ1n) is 7.32. The van der Waals surface area contributed by atoms with E-state index in [1.165, 1.54) is 18.9 Å². The maximum Gasteiger partial charge on any atom is 0.387 e. The lowest BCUT2D eigenvalue weighted by Crippen LogP contribution is -2.33. The van der Waals surface area contributed by atoms with Gasteiger partial charge in [0.15, 0.2) is 0 Å². The summed E-state index contributed by atoms with van der Waals surface area (Å²) in [4.78, 5) is 2.51. The maximum atomic E-state index is 12.4. The van der Waals surface area contributed by atoms with Crippen LogP contribution in [0.4, 0.5) is 8.78 Å². The summed E-state index contributed by atoms with van der Waals surface area (Å²) in [6.07, 6.45) is 3.73. The molecule has 116 valence electrons. The Hall–Kier alpha value is -0.910. The van der Waals surface area contributed by atoms with E-state index in [1.807, 2.05) is 0 Å². The van der Waals surface area contributed by atoms with Gasteiger partial charge in [0.1, 0.15) is 5.75 Å². The van der Waals surface area contributed by atoms with Crippen LogP contribution in [0.5, 0.6) is 5.75 Å². The number of ether oxygens (including phenoxy) is 1.